The van der Waals surface area contributed by atoms with E-state index in [2.05, 4.69) is 6.92 Å². The maximum atomic E-state index is 13.9. The third-order valence-corrected chi connectivity index (χ3v) is 5.28. The second kappa shape index (κ2) is 11.4. The summed E-state index contributed by atoms with van der Waals surface area (Å²) in [5.74, 6) is -4.89. The third kappa shape index (κ3) is 6.22. The van der Waals surface area contributed by atoms with Crippen molar-refractivity contribution in [2.75, 3.05) is 6.61 Å². The van der Waals surface area contributed by atoms with Gasteiger partial charge in [-0.05, 0) is 52.8 Å². The van der Waals surface area contributed by atoms with Crippen LogP contribution in [0.3, 0.4) is 0 Å². The number of ether oxygens (including phenoxy) is 1. The summed E-state index contributed by atoms with van der Waals surface area (Å²) in [5.41, 5.74) is -0.108. The average molecular weight is 506 g/mol. The fourth-order valence-electron chi connectivity index (χ4n) is 2.70. The zero-order chi connectivity index (χ0) is 20.5. The fraction of sp³-hybridized carbons (Fsp3) is 0.364. The number of rotatable bonds is 10. The van der Waals surface area contributed by atoms with Gasteiger partial charge in [0.25, 0.3) is 0 Å². The molecule has 6 heteroatoms. The van der Waals surface area contributed by atoms with Crippen molar-refractivity contribution >= 4 is 34.7 Å². The Balaban J connectivity index is 1.93. The highest BCUT2D eigenvalue weighted by Crippen LogP contribution is 2.27. The Morgan fingerprint density at radius 2 is 1.36 bits per heavy atom. The van der Waals surface area contributed by atoms with E-state index in [0.717, 1.165) is 18.9 Å². The summed E-state index contributed by atoms with van der Waals surface area (Å²) < 4.78 is 59.9. The molecule has 0 heterocycles. The van der Waals surface area contributed by atoms with Gasteiger partial charge >= 0.3 is 0 Å². The van der Waals surface area contributed by atoms with Crippen LogP contribution in [0.15, 0.2) is 24.3 Å². The van der Waals surface area contributed by atoms with Crippen molar-refractivity contribution in [1.82, 2.24) is 0 Å². The summed E-state index contributed by atoms with van der Waals surface area (Å²) in [4.78, 5) is 0. The van der Waals surface area contributed by atoms with Gasteiger partial charge in [0.15, 0.2) is 23.3 Å². The van der Waals surface area contributed by atoms with E-state index < -0.39 is 32.4 Å². The second-order valence-corrected chi connectivity index (χ2v) is 7.58. The van der Waals surface area contributed by atoms with Crippen LogP contribution in [0.2, 0.25) is 0 Å². The van der Waals surface area contributed by atoms with E-state index >= 15 is 0 Å². The van der Waals surface area contributed by atoms with E-state index in [1.165, 1.54) is 54.4 Å². The maximum Gasteiger partial charge on any atom is 0.175 e. The van der Waals surface area contributed by atoms with Crippen LogP contribution >= 0.6 is 22.6 Å². The van der Waals surface area contributed by atoms with Crippen LogP contribution in [0.5, 0.6) is 5.75 Å². The smallest absolute Gasteiger partial charge is 0.175 e. The molecule has 0 bridgehead atoms. The van der Waals surface area contributed by atoms with Crippen molar-refractivity contribution in [3.8, 4) is 5.75 Å². The molecule has 0 atom stereocenters. The molecule has 2 rings (SSSR count). The molecule has 0 aliphatic carbocycles. The quantitative estimate of drug-likeness (QED) is 0.0800. The Bertz CT molecular complexity index is 774. The monoisotopic (exact) mass is 506 g/mol. The predicted octanol–water partition coefficient (Wildman–Crippen LogP) is 7.76. The van der Waals surface area contributed by atoms with Crippen molar-refractivity contribution in [3.63, 3.8) is 0 Å². The molecule has 28 heavy (non-hydrogen) atoms. The van der Waals surface area contributed by atoms with Gasteiger partial charge in [-0.1, -0.05) is 57.2 Å². The molecule has 0 N–H and O–H groups in total. The lowest BCUT2D eigenvalue weighted by Gasteiger charge is -2.07. The van der Waals surface area contributed by atoms with E-state index in [0.29, 0.717) is 17.9 Å². The van der Waals surface area contributed by atoms with Crippen LogP contribution in [-0.4, -0.2) is 6.61 Å². The highest BCUT2D eigenvalue weighted by molar-refractivity contribution is 14.1. The van der Waals surface area contributed by atoms with E-state index in [1.807, 2.05) is 0 Å². The summed E-state index contributed by atoms with van der Waals surface area (Å²) in [6.07, 6.45) is 9.52. The van der Waals surface area contributed by atoms with E-state index in [9.17, 15) is 17.6 Å². The molecule has 0 radical (unpaired) electrons. The van der Waals surface area contributed by atoms with Crippen molar-refractivity contribution in [2.24, 2.45) is 0 Å². The summed E-state index contributed by atoms with van der Waals surface area (Å²) in [5, 5.41) is 0. The summed E-state index contributed by atoms with van der Waals surface area (Å²) >= 11 is 1.23. The van der Waals surface area contributed by atoms with Crippen LogP contribution in [0.25, 0.3) is 12.2 Å². The summed E-state index contributed by atoms with van der Waals surface area (Å²) in [6, 6.07) is 6.92. The zero-order valence-electron chi connectivity index (χ0n) is 15.7. The molecule has 2 aromatic rings. The molecular formula is C22H23F4IO. The van der Waals surface area contributed by atoms with Gasteiger partial charge < -0.3 is 4.74 Å². The van der Waals surface area contributed by atoms with Gasteiger partial charge in [-0.3, -0.25) is 0 Å². The number of benzene rings is 2. The van der Waals surface area contributed by atoms with E-state index in [1.54, 1.807) is 24.3 Å². The first kappa shape index (κ1) is 22.7. The molecule has 0 unspecified atom stereocenters. The van der Waals surface area contributed by atoms with E-state index in [4.69, 9.17) is 4.74 Å². The van der Waals surface area contributed by atoms with Crippen molar-refractivity contribution in [1.29, 1.82) is 0 Å². The van der Waals surface area contributed by atoms with Crippen LogP contribution in [0.1, 0.15) is 56.6 Å². The third-order valence-electron chi connectivity index (χ3n) is 4.33. The van der Waals surface area contributed by atoms with Gasteiger partial charge in [0.2, 0.25) is 0 Å². The maximum absolute atomic E-state index is 13.9. The normalized spacial score (nSPS) is 11.4. The molecule has 0 aromatic heterocycles. The van der Waals surface area contributed by atoms with Gasteiger partial charge in [-0.2, -0.15) is 0 Å². The zero-order valence-corrected chi connectivity index (χ0v) is 17.9. The van der Waals surface area contributed by atoms with E-state index in [-0.39, 0.29) is 0 Å². The Hall–Kier alpha value is -1.57. The first-order valence-corrected chi connectivity index (χ1v) is 10.5. The first-order valence-electron chi connectivity index (χ1n) is 9.38. The molecule has 0 saturated carbocycles. The molecule has 0 aliphatic rings. The molecule has 0 saturated heterocycles. The molecule has 0 amide bonds. The largest absolute Gasteiger partial charge is 0.494 e. The minimum Gasteiger partial charge on any atom is -0.494 e. The van der Waals surface area contributed by atoms with Crippen molar-refractivity contribution in [2.45, 2.75) is 45.4 Å². The van der Waals surface area contributed by atoms with Crippen LogP contribution in [0, 0.1) is 26.8 Å². The molecule has 0 spiro atoms. The lowest BCUT2D eigenvalue weighted by molar-refractivity contribution is 0.304. The molecule has 2 aromatic carbocycles. The molecule has 0 fully saturated rings. The Morgan fingerprint density at radius 3 is 1.96 bits per heavy atom. The highest BCUT2D eigenvalue weighted by Gasteiger charge is 2.22. The molecular weight excluding hydrogens is 483 g/mol. The van der Waals surface area contributed by atoms with Gasteiger partial charge in [0.05, 0.1) is 15.7 Å². The van der Waals surface area contributed by atoms with Gasteiger partial charge in [-0.15, -0.1) is 0 Å². The van der Waals surface area contributed by atoms with Gasteiger partial charge in [-0.25, -0.2) is 17.6 Å². The Kier molecular flexibility index (Phi) is 9.28. The van der Waals surface area contributed by atoms with Gasteiger partial charge in [0.1, 0.15) is 5.75 Å². The van der Waals surface area contributed by atoms with Crippen molar-refractivity contribution < 1.29 is 22.3 Å². The number of halogens is 5. The molecule has 0 aliphatic heterocycles. The lowest BCUT2D eigenvalue weighted by atomic mass is 10.1. The van der Waals surface area contributed by atoms with Crippen LogP contribution < -0.4 is 4.74 Å². The number of hydrogen-bond acceptors (Lipinski definition) is 1. The minimum atomic E-state index is -1.40. The van der Waals surface area contributed by atoms with Crippen LogP contribution in [-0.2, 0) is 0 Å². The lowest BCUT2D eigenvalue weighted by Crippen LogP contribution is -2.02. The molecule has 1 nitrogen and oxygen atoms in total. The Morgan fingerprint density at radius 1 is 0.786 bits per heavy atom. The fourth-order valence-corrected chi connectivity index (χ4v) is 3.17. The molecule has 152 valence electrons. The highest BCUT2D eigenvalue weighted by atomic mass is 127. The topological polar surface area (TPSA) is 9.23 Å². The van der Waals surface area contributed by atoms with Gasteiger partial charge in [0, 0.05) is 0 Å². The summed E-state index contributed by atoms with van der Waals surface area (Å²) in [7, 11) is 0. The average Bonchev–Trinajstić information content (AvgIpc) is 2.71. The van der Waals surface area contributed by atoms with Crippen molar-refractivity contribution in [3.05, 3.63) is 62.2 Å². The minimum absolute atomic E-state index is 0.630. The second-order valence-electron chi connectivity index (χ2n) is 6.50. The SMILES string of the molecule is CCCCCCCCOc1ccc(/C=C/c2c(F)c(F)c(I)c(F)c2F)cc1. The standard InChI is InChI=1S/C22H23F4IO/c1-2-3-4-5-6-7-14-28-16-11-8-15(9-12-16)10-13-17-18(23)20(25)22(27)21(26)19(17)24/h8-13H,2-7,14H2,1H3/b13-10+. The predicted molar refractivity (Wildman–Crippen MR) is 113 cm³/mol. The number of hydrogen-bond donors (Lipinski definition) is 0. The first-order chi connectivity index (χ1) is 13.5. The summed E-state index contributed by atoms with van der Waals surface area (Å²) in [6.45, 7) is 2.82. The number of unbranched alkanes of at least 4 members (excludes halogenated alkanes) is 5. The van der Waals surface area contributed by atoms with Crippen LogP contribution in [0.4, 0.5) is 17.6 Å². The Labute approximate surface area is 176 Å².